The van der Waals surface area contributed by atoms with Crippen LogP contribution in [-0.2, 0) is 0 Å². The fraction of sp³-hybridized carbons (Fsp3) is 0. The van der Waals surface area contributed by atoms with Crippen molar-refractivity contribution in [2.75, 3.05) is 0 Å². The molecule has 6 heteroatoms. The summed E-state index contributed by atoms with van der Waals surface area (Å²) in [5, 5.41) is 9.03. The molecular formula is C46H27N5O. The molecule has 4 heterocycles. The molecule has 4 aromatic heterocycles. The molecule has 242 valence electrons. The van der Waals surface area contributed by atoms with Gasteiger partial charge >= 0.3 is 0 Å². The summed E-state index contributed by atoms with van der Waals surface area (Å²) in [6, 6.07) is 52.8. The number of para-hydroxylation sites is 2. The van der Waals surface area contributed by atoms with E-state index in [4.69, 9.17) is 19.4 Å². The zero-order valence-corrected chi connectivity index (χ0v) is 27.7. The summed E-state index contributed by atoms with van der Waals surface area (Å²) in [4.78, 5) is 20.0. The normalized spacial score (nSPS) is 11.8. The topological polar surface area (TPSA) is 69.6 Å². The van der Waals surface area contributed by atoms with Crippen molar-refractivity contribution < 1.29 is 4.42 Å². The Morgan fingerprint density at radius 3 is 1.94 bits per heavy atom. The molecule has 0 N–H and O–H groups in total. The van der Waals surface area contributed by atoms with Gasteiger partial charge in [0.15, 0.2) is 17.5 Å². The quantitative estimate of drug-likeness (QED) is 0.175. The second-order valence-corrected chi connectivity index (χ2v) is 13.1. The first-order valence-corrected chi connectivity index (χ1v) is 17.3. The Morgan fingerprint density at radius 2 is 1.12 bits per heavy atom. The average molecular weight is 666 g/mol. The number of furan rings is 1. The molecule has 11 rings (SSSR count). The van der Waals surface area contributed by atoms with E-state index in [1.807, 2.05) is 30.5 Å². The van der Waals surface area contributed by atoms with Gasteiger partial charge in [0.2, 0.25) is 0 Å². The van der Waals surface area contributed by atoms with Crippen molar-refractivity contribution in [3.8, 4) is 39.9 Å². The molecule has 6 nitrogen and oxygen atoms in total. The number of nitrogens with zero attached hydrogens (tertiary/aromatic N) is 5. The molecule has 0 bridgehead atoms. The van der Waals surface area contributed by atoms with Crippen molar-refractivity contribution in [3.63, 3.8) is 0 Å². The van der Waals surface area contributed by atoms with Gasteiger partial charge in [-0.3, -0.25) is 4.98 Å². The predicted octanol–water partition coefficient (Wildman–Crippen LogP) is 11.6. The van der Waals surface area contributed by atoms with Crippen LogP contribution >= 0.6 is 0 Å². The third kappa shape index (κ3) is 4.38. The van der Waals surface area contributed by atoms with Gasteiger partial charge in [0.1, 0.15) is 11.2 Å². The van der Waals surface area contributed by atoms with Gasteiger partial charge in [-0.1, -0.05) is 109 Å². The van der Waals surface area contributed by atoms with E-state index in [1.54, 1.807) is 6.20 Å². The molecule has 0 saturated heterocycles. The van der Waals surface area contributed by atoms with Crippen molar-refractivity contribution in [1.29, 1.82) is 0 Å². The van der Waals surface area contributed by atoms with Crippen LogP contribution in [0.4, 0.5) is 0 Å². The van der Waals surface area contributed by atoms with Gasteiger partial charge < -0.3 is 8.98 Å². The smallest absolute Gasteiger partial charge is 0.164 e. The lowest BCUT2D eigenvalue weighted by Crippen LogP contribution is -2.01. The Morgan fingerprint density at radius 1 is 0.442 bits per heavy atom. The number of benzene rings is 7. The van der Waals surface area contributed by atoms with E-state index in [0.717, 1.165) is 60.7 Å². The zero-order valence-electron chi connectivity index (χ0n) is 27.7. The highest BCUT2D eigenvalue weighted by Crippen LogP contribution is 2.38. The van der Waals surface area contributed by atoms with Gasteiger partial charge in [-0.15, -0.1) is 0 Å². The molecule has 52 heavy (non-hydrogen) atoms. The van der Waals surface area contributed by atoms with Crippen molar-refractivity contribution >= 4 is 65.3 Å². The molecule has 0 aliphatic carbocycles. The molecule has 0 unspecified atom stereocenters. The molecule has 0 aliphatic rings. The molecular weight excluding hydrogens is 639 g/mol. The number of hydrogen-bond acceptors (Lipinski definition) is 5. The number of rotatable bonds is 4. The van der Waals surface area contributed by atoms with Crippen LogP contribution in [0, 0.1) is 0 Å². The van der Waals surface area contributed by atoms with E-state index in [2.05, 4.69) is 137 Å². The molecule has 0 saturated carbocycles. The van der Waals surface area contributed by atoms with Crippen LogP contribution in [0.3, 0.4) is 0 Å². The second kappa shape index (κ2) is 11.2. The first-order valence-electron chi connectivity index (χ1n) is 17.3. The van der Waals surface area contributed by atoms with E-state index in [9.17, 15) is 0 Å². The molecule has 0 radical (unpaired) electrons. The maximum Gasteiger partial charge on any atom is 0.164 e. The summed E-state index contributed by atoms with van der Waals surface area (Å²) in [6.45, 7) is 0. The highest BCUT2D eigenvalue weighted by molar-refractivity contribution is 6.12. The summed E-state index contributed by atoms with van der Waals surface area (Å²) in [7, 11) is 0. The van der Waals surface area contributed by atoms with Gasteiger partial charge in [0, 0.05) is 56.3 Å². The maximum atomic E-state index is 6.24. The second-order valence-electron chi connectivity index (χ2n) is 13.1. The summed E-state index contributed by atoms with van der Waals surface area (Å²) >= 11 is 0. The fourth-order valence-electron chi connectivity index (χ4n) is 7.75. The number of aromatic nitrogens is 5. The largest absolute Gasteiger partial charge is 0.456 e. The third-order valence-electron chi connectivity index (χ3n) is 10.1. The van der Waals surface area contributed by atoms with E-state index >= 15 is 0 Å². The average Bonchev–Trinajstić information content (AvgIpc) is 3.76. The zero-order chi connectivity index (χ0) is 34.2. The summed E-state index contributed by atoms with van der Waals surface area (Å²) < 4.78 is 8.56. The van der Waals surface area contributed by atoms with E-state index in [-0.39, 0.29) is 0 Å². The molecule has 0 spiro atoms. The summed E-state index contributed by atoms with van der Waals surface area (Å²) in [6.07, 6.45) is 3.59. The van der Waals surface area contributed by atoms with Crippen LogP contribution in [0.15, 0.2) is 168 Å². The molecule has 7 aromatic carbocycles. The lowest BCUT2D eigenvalue weighted by atomic mass is 10.00. The lowest BCUT2D eigenvalue weighted by Gasteiger charge is -2.12. The first-order chi connectivity index (χ1) is 25.8. The van der Waals surface area contributed by atoms with Crippen LogP contribution in [0.1, 0.15) is 0 Å². The number of hydrogen-bond donors (Lipinski definition) is 0. The molecule has 0 atom stereocenters. The van der Waals surface area contributed by atoms with Gasteiger partial charge in [-0.25, -0.2) is 15.0 Å². The van der Waals surface area contributed by atoms with Crippen molar-refractivity contribution in [3.05, 3.63) is 164 Å². The SMILES string of the molecule is c1cc(-c2nc(-c3ccc4c(ccc5ccccc54)c3)nc(-c3cccc4oc5ccncc5c34)n2)cc(-n2c3ccccc3c3ccccc32)c1. The van der Waals surface area contributed by atoms with Crippen LogP contribution in [0.25, 0.3) is 105 Å². The maximum absolute atomic E-state index is 6.24. The van der Waals surface area contributed by atoms with Gasteiger partial charge in [-0.2, -0.15) is 0 Å². The predicted molar refractivity (Wildman–Crippen MR) is 211 cm³/mol. The monoisotopic (exact) mass is 665 g/mol. The molecule has 11 aromatic rings. The number of pyridine rings is 1. The molecule has 0 aliphatic heterocycles. The summed E-state index contributed by atoms with van der Waals surface area (Å²) in [5.74, 6) is 1.75. The van der Waals surface area contributed by atoms with Crippen molar-refractivity contribution in [2.24, 2.45) is 0 Å². The van der Waals surface area contributed by atoms with Crippen LogP contribution in [-0.4, -0.2) is 24.5 Å². The number of fused-ring (bicyclic) bond motifs is 9. The van der Waals surface area contributed by atoms with Gasteiger partial charge in [-0.05, 0) is 64.0 Å². The van der Waals surface area contributed by atoms with Crippen molar-refractivity contribution in [2.45, 2.75) is 0 Å². The third-order valence-corrected chi connectivity index (χ3v) is 10.1. The van der Waals surface area contributed by atoms with E-state index < -0.39 is 0 Å². The minimum atomic E-state index is 0.568. The Bertz CT molecular complexity index is 3160. The van der Waals surface area contributed by atoms with Crippen LogP contribution in [0.2, 0.25) is 0 Å². The highest BCUT2D eigenvalue weighted by Gasteiger charge is 2.19. The van der Waals surface area contributed by atoms with Crippen LogP contribution in [0.5, 0.6) is 0 Å². The molecule has 0 amide bonds. The van der Waals surface area contributed by atoms with Crippen molar-refractivity contribution in [1.82, 2.24) is 24.5 Å². The lowest BCUT2D eigenvalue weighted by molar-refractivity contribution is 0.668. The Hall–Kier alpha value is -7.18. The Balaban J connectivity index is 1.15. The summed E-state index contributed by atoms with van der Waals surface area (Å²) in [5.41, 5.74) is 7.52. The van der Waals surface area contributed by atoms with Crippen LogP contribution < -0.4 is 0 Å². The minimum Gasteiger partial charge on any atom is -0.456 e. The highest BCUT2D eigenvalue weighted by atomic mass is 16.3. The molecule has 0 fully saturated rings. The fourth-order valence-corrected chi connectivity index (χ4v) is 7.75. The Labute approximate surface area is 297 Å². The van der Waals surface area contributed by atoms with E-state index in [1.165, 1.54) is 26.9 Å². The minimum absolute atomic E-state index is 0.568. The van der Waals surface area contributed by atoms with E-state index in [0.29, 0.717) is 17.5 Å². The Kier molecular flexibility index (Phi) is 6.15. The van der Waals surface area contributed by atoms with Gasteiger partial charge in [0.25, 0.3) is 0 Å². The standard InChI is InChI=1S/C46H27N5O/c1-2-12-33-28(9-1)19-20-29-25-31(21-22-34(29)33)45-48-44(49-46(50-45)37-15-8-18-42-43(37)38-27-47-24-23-41(38)52-42)30-10-7-11-32(26-30)51-39-16-5-3-13-35(39)36-14-4-6-17-40(36)51/h1-27H. The van der Waals surface area contributed by atoms with Gasteiger partial charge in [0.05, 0.1) is 11.0 Å². The first kappa shape index (κ1) is 28.6.